The molecule has 0 heterocycles. The lowest BCUT2D eigenvalue weighted by Gasteiger charge is -2.34. The van der Waals surface area contributed by atoms with E-state index in [4.69, 9.17) is 18.9 Å². The molecule has 0 saturated carbocycles. The van der Waals surface area contributed by atoms with Gasteiger partial charge in [-0.05, 0) is 120 Å². The molecule has 1 aliphatic rings. The van der Waals surface area contributed by atoms with Crippen molar-refractivity contribution in [1.29, 1.82) is 0 Å². The van der Waals surface area contributed by atoms with Crippen LogP contribution in [0.25, 0.3) is 11.1 Å². The van der Waals surface area contributed by atoms with Gasteiger partial charge < -0.3 is 29.6 Å². The first-order valence-electron chi connectivity index (χ1n) is 18.7. The van der Waals surface area contributed by atoms with Crippen LogP contribution in [0.1, 0.15) is 56.8 Å². The monoisotopic (exact) mass is 732 g/mol. The van der Waals surface area contributed by atoms with Gasteiger partial charge in [0, 0.05) is 35.7 Å². The van der Waals surface area contributed by atoms with Crippen LogP contribution in [0.5, 0.6) is 11.5 Å². The molecule has 0 aliphatic heterocycles. The van der Waals surface area contributed by atoms with E-state index in [9.17, 15) is 9.59 Å². The standard InChI is InChI=1S/C47H44N2O6/c1-3-52-29-31-54-39-25-13-33(14-26-39)45(50)48-37-21-17-35(18-22-37)47(43-11-7-5-9-41(43)42-10-6-8-12-44(42)47)36-19-23-38(24-20-36)49-46(51)34-15-27-40(28-16-34)55-32-30-53-4-2/h5-28H,3-4,29-32H2,1-2H3,(H,48,50)(H,49,51). The van der Waals surface area contributed by atoms with Crippen LogP contribution in [0.2, 0.25) is 0 Å². The summed E-state index contributed by atoms with van der Waals surface area (Å²) in [6.45, 7) is 7.10. The summed E-state index contributed by atoms with van der Waals surface area (Å²) < 4.78 is 22.1. The molecule has 8 heteroatoms. The molecule has 1 aliphatic carbocycles. The molecule has 55 heavy (non-hydrogen) atoms. The maximum atomic E-state index is 13.2. The normalized spacial score (nSPS) is 12.3. The molecule has 0 atom stereocenters. The number of hydrogen-bond acceptors (Lipinski definition) is 6. The average molecular weight is 733 g/mol. The third-order valence-corrected chi connectivity index (χ3v) is 9.74. The van der Waals surface area contributed by atoms with Crippen molar-refractivity contribution in [2.45, 2.75) is 19.3 Å². The predicted octanol–water partition coefficient (Wildman–Crippen LogP) is 9.38. The highest BCUT2D eigenvalue weighted by Crippen LogP contribution is 2.56. The first-order valence-corrected chi connectivity index (χ1v) is 18.7. The van der Waals surface area contributed by atoms with Crippen molar-refractivity contribution in [2.24, 2.45) is 0 Å². The lowest BCUT2D eigenvalue weighted by Crippen LogP contribution is -2.28. The Morgan fingerprint density at radius 3 is 1.24 bits per heavy atom. The van der Waals surface area contributed by atoms with Crippen LogP contribution in [0.15, 0.2) is 146 Å². The first kappa shape index (κ1) is 37.1. The molecule has 0 bridgehead atoms. The molecule has 0 fully saturated rings. The fourth-order valence-corrected chi connectivity index (χ4v) is 7.17. The largest absolute Gasteiger partial charge is 0.491 e. The van der Waals surface area contributed by atoms with E-state index in [0.29, 0.717) is 73.6 Å². The second-order valence-corrected chi connectivity index (χ2v) is 13.0. The minimum atomic E-state index is -0.645. The Bertz CT molecular complexity index is 2050. The van der Waals surface area contributed by atoms with Gasteiger partial charge >= 0.3 is 0 Å². The molecular formula is C47H44N2O6. The zero-order valence-electron chi connectivity index (χ0n) is 31.0. The lowest BCUT2D eigenvalue weighted by atomic mass is 9.67. The van der Waals surface area contributed by atoms with Crippen molar-refractivity contribution in [3.05, 3.63) is 179 Å². The van der Waals surface area contributed by atoms with Crippen molar-refractivity contribution >= 4 is 23.2 Å². The SMILES string of the molecule is CCOCCOc1ccc(C(=O)Nc2ccc(C3(c4ccc(NC(=O)c5ccc(OCCOCC)cc5)cc4)c4ccccc4-c4ccccc43)cc2)cc1. The van der Waals surface area contributed by atoms with Crippen LogP contribution < -0.4 is 20.1 Å². The number of carbonyl (C=O) groups is 2. The molecule has 8 nitrogen and oxygen atoms in total. The highest BCUT2D eigenvalue weighted by atomic mass is 16.5. The van der Waals surface area contributed by atoms with E-state index in [2.05, 4.69) is 83.4 Å². The molecule has 0 unspecified atom stereocenters. The van der Waals surface area contributed by atoms with Gasteiger partial charge in [-0.1, -0.05) is 72.8 Å². The van der Waals surface area contributed by atoms with Gasteiger partial charge in [-0.3, -0.25) is 9.59 Å². The Kier molecular flexibility index (Phi) is 11.7. The van der Waals surface area contributed by atoms with Crippen LogP contribution in [0, 0.1) is 0 Å². The molecule has 0 spiro atoms. The quantitative estimate of drug-likeness (QED) is 0.0962. The summed E-state index contributed by atoms with van der Waals surface area (Å²) in [5.41, 5.74) is 8.56. The molecule has 0 radical (unpaired) electrons. The number of nitrogens with one attached hydrogen (secondary N) is 2. The third-order valence-electron chi connectivity index (χ3n) is 9.74. The summed E-state index contributed by atoms with van der Waals surface area (Å²) in [6.07, 6.45) is 0. The van der Waals surface area contributed by atoms with Crippen LogP contribution in [-0.2, 0) is 14.9 Å². The van der Waals surface area contributed by atoms with E-state index in [1.54, 1.807) is 48.5 Å². The van der Waals surface area contributed by atoms with Crippen molar-refractivity contribution in [2.75, 3.05) is 50.3 Å². The smallest absolute Gasteiger partial charge is 0.255 e. The summed E-state index contributed by atoms with van der Waals surface area (Å²) in [5.74, 6) is 0.950. The summed E-state index contributed by atoms with van der Waals surface area (Å²) in [6, 6.07) is 47.4. The molecule has 0 aromatic heterocycles. The second-order valence-electron chi connectivity index (χ2n) is 13.0. The van der Waals surface area contributed by atoms with Gasteiger partial charge in [-0.2, -0.15) is 0 Å². The van der Waals surface area contributed by atoms with Crippen LogP contribution >= 0.6 is 0 Å². The van der Waals surface area contributed by atoms with Crippen LogP contribution in [0.4, 0.5) is 11.4 Å². The van der Waals surface area contributed by atoms with E-state index >= 15 is 0 Å². The Morgan fingerprint density at radius 2 is 0.855 bits per heavy atom. The van der Waals surface area contributed by atoms with Gasteiger partial charge in [-0.25, -0.2) is 0 Å². The van der Waals surface area contributed by atoms with Crippen LogP contribution in [-0.4, -0.2) is 51.5 Å². The number of benzene rings is 6. The van der Waals surface area contributed by atoms with E-state index in [1.165, 1.54) is 11.1 Å². The fraction of sp³-hybridized carbons (Fsp3) is 0.191. The molecule has 7 rings (SSSR count). The van der Waals surface area contributed by atoms with Crippen molar-refractivity contribution < 1.29 is 28.5 Å². The first-order chi connectivity index (χ1) is 27.0. The average Bonchev–Trinajstić information content (AvgIpc) is 3.53. The molecular weight excluding hydrogens is 689 g/mol. The minimum Gasteiger partial charge on any atom is -0.491 e. The maximum absolute atomic E-state index is 13.2. The number of anilines is 2. The number of hydrogen-bond donors (Lipinski definition) is 2. The highest BCUT2D eigenvalue weighted by Gasteiger charge is 2.45. The Hall–Kier alpha value is -6.22. The summed E-state index contributed by atoms with van der Waals surface area (Å²) >= 11 is 0. The van der Waals surface area contributed by atoms with Gasteiger partial charge in [-0.15, -0.1) is 0 Å². The zero-order chi connectivity index (χ0) is 38.0. The summed E-state index contributed by atoms with van der Waals surface area (Å²) in [4.78, 5) is 26.5. The Labute approximate surface area is 322 Å². The van der Waals surface area contributed by atoms with Gasteiger partial charge in [0.15, 0.2) is 0 Å². The maximum Gasteiger partial charge on any atom is 0.255 e. The van der Waals surface area contributed by atoms with Crippen molar-refractivity contribution in [3.63, 3.8) is 0 Å². The molecule has 6 aromatic rings. The fourth-order valence-electron chi connectivity index (χ4n) is 7.17. The van der Waals surface area contributed by atoms with E-state index in [0.717, 1.165) is 22.3 Å². The van der Waals surface area contributed by atoms with E-state index in [1.807, 2.05) is 38.1 Å². The van der Waals surface area contributed by atoms with Gasteiger partial charge in [0.25, 0.3) is 11.8 Å². The predicted molar refractivity (Wildman–Crippen MR) is 217 cm³/mol. The lowest BCUT2D eigenvalue weighted by molar-refractivity contribution is 0.101. The third kappa shape index (κ3) is 8.01. The summed E-state index contributed by atoms with van der Waals surface area (Å²) in [5, 5.41) is 6.10. The van der Waals surface area contributed by atoms with Crippen molar-refractivity contribution in [3.8, 4) is 22.6 Å². The van der Waals surface area contributed by atoms with Crippen molar-refractivity contribution in [1.82, 2.24) is 0 Å². The molecule has 2 amide bonds. The van der Waals surface area contributed by atoms with Gasteiger partial charge in [0.2, 0.25) is 0 Å². The summed E-state index contributed by atoms with van der Waals surface area (Å²) in [7, 11) is 0. The zero-order valence-corrected chi connectivity index (χ0v) is 31.0. The number of rotatable bonds is 16. The van der Waals surface area contributed by atoms with Gasteiger partial charge in [0.1, 0.15) is 24.7 Å². The van der Waals surface area contributed by atoms with Gasteiger partial charge in [0.05, 0.1) is 18.6 Å². The molecule has 278 valence electrons. The minimum absolute atomic E-state index is 0.209. The number of ether oxygens (including phenoxy) is 4. The van der Waals surface area contributed by atoms with E-state index in [-0.39, 0.29) is 11.8 Å². The van der Waals surface area contributed by atoms with E-state index < -0.39 is 5.41 Å². The number of carbonyl (C=O) groups excluding carboxylic acids is 2. The molecule has 6 aromatic carbocycles. The Morgan fingerprint density at radius 1 is 0.473 bits per heavy atom. The number of fused-ring (bicyclic) bond motifs is 3. The molecule has 2 N–H and O–H groups in total. The topological polar surface area (TPSA) is 95.1 Å². The number of amides is 2. The second kappa shape index (κ2) is 17.3. The Balaban J connectivity index is 1.13. The van der Waals surface area contributed by atoms with Crippen LogP contribution in [0.3, 0.4) is 0 Å². The molecule has 0 saturated heterocycles. The highest BCUT2D eigenvalue weighted by molar-refractivity contribution is 6.05.